The molecule has 6 heteroatoms. The standard InChI is InChI=1S/C20H23N5O/c26-20(25-11-8-17(22-25)15-4-2-1-3-5-15)13-23-10-9-19-18(12-23)21-14-24(19)16-6-7-16/h1-5,14,16H,6-13H2. The number of imidazole rings is 1. The summed E-state index contributed by atoms with van der Waals surface area (Å²) in [4.78, 5) is 19.5. The van der Waals surface area contributed by atoms with Gasteiger partial charge in [-0.1, -0.05) is 30.3 Å². The first-order chi connectivity index (χ1) is 12.8. The fourth-order valence-corrected chi connectivity index (χ4v) is 3.93. The minimum atomic E-state index is 0.0843. The van der Waals surface area contributed by atoms with Crippen molar-refractivity contribution in [2.45, 2.75) is 38.3 Å². The van der Waals surface area contributed by atoms with Gasteiger partial charge in [0.25, 0.3) is 5.91 Å². The van der Waals surface area contributed by atoms with Gasteiger partial charge in [0.1, 0.15) is 0 Å². The Kier molecular flexibility index (Phi) is 3.85. The summed E-state index contributed by atoms with van der Waals surface area (Å²) in [5, 5.41) is 6.20. The van der Waals surface area contributed by atoms with Crippen LogP contribution in [0.5, 0.6) is 0 Å². The highest BCUT2D eigenvalue weighted by atomic mass is 16.2. The van der Waals surface area contributed by atoms with Crippen molar-refractivity contribution < 1.29 is 4.79 Å². The van der Waals surface area contributed by atoms with Crippen molar-refractivity contribution in [2.75, 3.05) is 19.6 Å². The number of nitrogens with zero attached hydrogens (tertiary/aromatic N) is 5. The van der Waals surface area contributed by atoms with Crippen molar-refractivity contribution in [1.29, 1.82) is 0 Å². The van der Waals surface area contributed by atoms with Crippen molar-refractivity contribution in [3.05, 3.63) is 53.6 Å². The Morgan fingerprint density at radius 2 is 1.96 bits per heavy atom. The van der Waals surface area contributed by atoms with Gasteiger partial charge in [0.2, 0.25) is 0 Å². The van der Waals surface area contributed by atoms with E-state index in [0.717, 1.165) is 42.9 Å². The normalized spacial score (nSPS) is 20.2. The van der Waals surface area contributed by atoms with E-state index in [9.17, 15) is 4.79 Å². The van der Waals surface area contributed by atoms with Crippen LogP contribution in [-0.4, -0.2) is 50.7 Å². The first-order valence-electron chi connectivity index (χ1n) is 9.48. The molecule has 1 fully saturated rings. The van der Waals surface area contributed by atoms with Gasteiger partial charge in [0.05, 0.1) is 30.8 Å². The first-order valence-corrected chi connectivity index (χ1v) is 9.48. The third kappa shape index (κ3) is 2.94. The van der Waals surface area contributed by atoms with Gasteiger partial charge < -0.3 is 4.57 Å². The summed E-state index contributed by atoms with van der Waals surface area (Å²) in [5.74, 6) is 0.0843. The van der Waals surface area contributed by atoms with Crippen molar-refractivity contribution in [1.82, 2.24) is 19.5 Å². The predicted molar refractivity (Wildman–Crippen MR) is 98.8 cm³/mol. The van der Waals surface area contributed by atoms with Crippen LogP contribution in [0.15, 0.2) is 41.8 Å². The molecule has 0 atom stereocenters. The third-order valence-corrected chi connectivity index (χ3v) is 5.52. The quantitative estimate of drug-likeness (QED) is 0.850. The highest BCUT2D eigenvalue weighted by Crippen LogP contribution is 2.37. The minimum absolute atomic E-state index is 0.0843. The number of carbonyl (C=O) groups is 1. The van der Waals surface area contributed by atoms with Gasteiger partial charge in [-0.15, -0.1) is 0 Å². The Balaban J connectivity index is 1.23. The number of benzene rings is 1. The fraction of sp³-hybridized carbons (Fsp3) is 0.450. The van der Waals surface area contributed by atoms with Crippen LogP contribution >= 0.6 is 0 Å². The van der Waals surface area contributed by atoms with Gasteiger partial charge in [-0.2, -0.15) is 5.10 Å². The molecule has 1 saturated carbocycles. The van der Waals surface area contributed by atoms with Crippen LogP contribution in [0.1, 0.15) is 42.3 Å². The second kappa shape index (κ2) is 6.36. The van der Waals surface area contributed by atoms with E-state index in [0.29, 0.717) is 19.1 Å². The van der Waals surface area contributed by atoms with Crippen LogP contribution in [0.25, 0.3) is 0 Å². The lowest BCUT2D eigenvalue weighted by Crippen LogP contribution is -2.40. The van der Waals surface area contributed by atoms with Gasteiger partial charge in [-0.3, -0.25) is 9.69 Å². The molecule has 0 saturated heterocycles. The lowest BCUT2D eigenvalue weighted by Gasteiger charge is -2.27. The van der Waals surface area contributed by atoms with Crippen molar-refractivity contribution >= 4 is 11.6 Å². The summed E-state index contributed by atoms with van der Waals surface area (Å²) in [6.45, 7) is 2.78. The number of amides is 1. The lowest BCUT2D eigenvalue weighted by atomic mass is 10.1. The summed E-state index contributed by atoms with van der Waals surface area (Å²) in [7, 11) is 0. The summed E-state index contributed by atoms with van der Waals surface area (Å²) in [6, 6.07) is 10.8. The maximum absolute atomic E-state index is 12.7. The molecule has 0 unspecified atom stereocenters. The number of fused-ring (bicyclic) bond motifs is 1. The number of rotatable bonds is 4. The zero-order valence-corrected chi connectivity index (χ0v) is 14.8. The van der Waals surface area contributed by atoms with E-state index in [-0.39, 0.29) is 5.91 Å². The van der Waals surface area contributed by atoms with Gasteiger partial charge in [0, 0.05) is 37.7 Å². The lowest BCUT2D eigenvalue weighted by molar-refractivity contribution is -0.132. The highest BCUT2D eigenvalue weighted by molar-refractivity contribution is 6.02. The average molecular weight is 349 g/mol. The Labute approximate surface area is 153 Å². The maximum atomic E-state index is 12.7. The Bertz CT molecular complexity index is 852. The molecule has 3 heterocycles. The molecule has 0 radical (unpaired) electrons. The Morgan fingerprint density at radius 3 is 2.77 bits per heavy atom. The zero-order valence-electron chi connectivity index (χ0n) is 14.8. The summed E-state index contributed by atoms with van der Waals surface area (Å²) >= 11 is 0. The minimum Gasteiger partial charge on any atom is -0.331 e. The number of carbonyl (C=O) groups excluding carboxylic acids is 1. The zero-order chi connectivity index (χ0) is 17.5. The number of hydrogen-bond donors (Lipinski definition) is 0. The SMILES string of the molecule is O=C(CN1CCc2c(ncn2C2CC2)C1)N1CCC(c2ccccc2)=N1. The Hall–Kier alpha value is -2.47. The van der Waals surface area contributed by atoms with Crippen molar-refractivity contribution in [2.24, 2.45) is 5.10 Å². The van der Waals surface area contributed by atoms with Crippen LogP contribution < -0.4 is 0 Å². The number of hydrazone groups is 1. The van der Waals surface area contributed by atoms with E-state index in [1.807, 2.05) is 24.5 Å². The summed E-state index contributed by atoms with van der Waals surface area (Å²) < 4.78 is 2.35. The molecule has 5 rings (SSSR count). The second-order valence-corrected chi connectivity index (χ2v) is 7.42. The average Bonchev–Trinajstić information content (AvgIpc) is 3.24. The Morgan fingerprint density at radius 1 is 1.12 bits per heavy atom. The fourth-order valence-electron chi connectivity index (χ4n) is 3.93. The molecule has 1 aromatic heterocycles. The molecule has 3 aliphatic rings. The molecule has 2 aliphatic heterocycles. The van der Waals surface area contributed by atoms with Gasteiger partial charge in [-0.05, 0) is 18.4 Å². The van der Waals surface area contributed by atoms with E-state index in [2.05, 4.69) is 31.7 Å². The molecule has 26 heavy (non-hydrogen) atoms. The van der Waals surface area contributed by atoms with Crippen LogP contribution in [0.2, 0.25) is 0 Å². The monoisotopic (exact) mass is 349 g/mol. The summed E-state index contributed by atoms with van der Waals surface area (Å²) in [5.41, 5.74) is 4.63. The molecule has 1 aliphatic carbocycles. The summed E-state index contributed by atoms with van der Waals surface area (Å²) in [6.07, 6.45) is 6.36. The topological polar surface area (TPSA) is 53.7 Å². The van der Waals surface area contributed by atoms with Crippen molar-refractivity contribution in [3.63, 3.8) is 0 Å². The predicted octanol–water partition coefficient (Wildman–Crippen LogP) is 2.21. The van der Waals surface area contributed by atoms with E-state index in [1.54, 1.807) is 5.01 Å². The van der Waals surface area contributed by atoms with Gasteiger partial charge in [0.15, 0.2) is 0 Å². The number of aromatic nitrogens is 2. The first kappa shape index (κ1) is 15.8. The van der Waals surface area contributed by atoms with Crippen LogP contribution in [0, 0.1) is 0 Å². The largest absolute Gasteiger partial charge is 0.331 e. The molecule has 1 amide bonds. The maximum Gasteiger partial charge on any atom is 0.256 e. The van der Waals surface area contributed by atoms with E-state index >= 15 is 0 Å². The number of hydrogen-bond acceptors (Lipinski definition) is 4. The molecular formula is C20H23N5O. The molecular weight excluding hydrogens is 326 g/mol. The highest BCUT2D eigenvalue weighted by Gasteiger charge is 2.31. The molecule has 134 valence electrons. The van der Waals surface area contributed by atoms with Crippen LogP contribution in [0.4, 0.5) is 0 Å². The van der Waals surface area contributed by atoms with Crippen LogP contribution in [-0.2, 0) is 17.8 Å². The molecule has 0 bridgehead atoms. The third-order valence-electron chi connectivity index (χ3n) is 5.52. The van der Waals surface area contributed by atoms with E-state index in [4.69, 9.17) is 0 Å². The van der Waals surface area contributed by atoms with E-state index in [1.165, 1.54) is 18.5 Å². The van der Waals surface area contributed by atoms with Crippen molar-refractivity contribution in [3.8, 4) is 0 Å². The molecule has 0 N–H and O–H groups in total. The smallest absolute Gasteiger partial charge is 0.256 e. The van der Waals surface area contributed by atoms with Crippen LogP contribution in [0.3, 0.4) is 0 Å². The van der Waals surface area contributed by atoms with Gasteiger partial charge >= 0.3 is 0 Å². The molecule has 0 spiro atoms. The van der Waals surface area contributed by atoms with Gasteiger partial charge in [-0.25, -0.2) is 9.99 Å². The molecule has 1 aromatic carbocycles. The molecule has 6 nitrogen and oxygen atoms in total. The second-order valence-electron chi connectivity index (χ2n) is 7.42. The van der Waals surface area contributed by atoms with E-state index < -0.39 is 0 Å². The molecule has 2 aromatic rings.